The Hall–Kier alpha value is -4.72. The van der Waals surface area contributed by atoms with Gasteiger partial charge in [0.15, 0.2) is 11.3 Å². The summed E-state index contributed by atoms with van der Waals surface area (Å²) in [7, 11) is 0. The minimum absolute atomic E-state index is 0.132. The lowest BCUT2D eigenvalue weighted by Crippen LogP contribution is -2.20. The molecule has 4 heterocycles. The first kappa shape index (κ1) is 19.3. The number of aromatic nitrogens is 9. The van der Waals surface area contributed by atoms with Gasteiger partial charge in [-0.25, -0.2) is 24.1 Å². The number of benzene rings is 1. The van der Waals surface area contributed by atoms with E-state index >= 15 is 0 Å². The Kier molecular flexibility index (Phi) is 4.93. The smallest absolute Gasteiger partial charge is 0.154 e. The van der Waals surface area contributed by atoms with E-state index in [9.17, 15) is 5.26 Å². The van der Waals surface area contributed by atoms with Crippen LogP contribution in [0.5, 0.6) is 5.75 Å². The van der Waals surface area contributed by atoms with Crippen molar-refractivity contribution in [3.8, 4) is 34.3 Å². The lowest BCUT2D eigenvalue weighted by molar-refractivity contribution is 0.193. The second-order valence-electron chi connectivity index (χ2n) is 7.02. The molecular formula is C21H16N10O. The van der Waals surface area contributed by atoms with Gasteiger partial charge in [0.25, 0.3) is 0 Å². The topological polar surface area (TPSA) is 133 Å². The summed E-state index contributed by atoms with van der Waals surface area (Å²) in [6.45, 7) is 2.48. The summed E-state index contributed by atoms with van der Waals surface area (Å²) in [5, 5.41) is 25.3. The zero-order valence-corrected chi connectivity index (χ0v) is 16.9. The molecule has 0 saturated carbocycles. The number of hydrogen-bond donors (Lipinski definition) is 0. The maximum atomic E-state index is 9.39. The minimum atomic E-state index is -0.132. The molecule has 0 aliphatic carbocycles. The molecule has 0 saturated heterocycles. The number of imidazole rings is 1. The maximum Gasteiger partial charge on any atom is 0.154 e. The second-order valence-corrected chi connectivity index (χ2v) is 7.02. The summed E-state index contributed by atoms with van der Waals surface area (Å²) in [6.07, 6.45) is 6.01. The first-order valence-corrected chi connectivity index (χ1v) is 9.74. The minimum Gasteiger partial charge on any atom is -0.489 e. The Bertz CT molecular complexity index is 1420. The van der Waals surface area contributed by atoms with E-state index in [1.165, 1.54) is 6.33 Å². The number of rotatable bonds is 6. The maximum absolute atomic E-state index is 9.39. The standard InChI is InChI=1S/C21H16N10O/c1-14(11-30-13-26-28-29-30)32-16-4-2-3-15(7-16)18-5-6-21-24-10-20(31(21)27-18)17-9-23-12-25-19(17)8-22/h2-7,9-10,12-14H,11H2,1H3. The van der Waals surface area contributed by atoms with E-state index in [-0.39, 0.29) is 11.8 Å². The Labute approximate surface area is 182 Å². The summed E-state index contributed by atoms with van der Waals surface area (Å²) in [4.78, 5) is 12.5. The van der Waals surface area contributed by atoms with Gasteiger partial charge in [0, 0.05) is 11.8 Å². The molecule has 0 aliphatic rings. The molecule has 1 aromatic carbocycles. The van der Waals surface area contributed by atoms with Crippen LogP contribution in [-0.4, -0.2) is 50.9 Å². The summed E-state index contributed by atoms with van der Waals surface area (Å²) < 4.78 is 9.33. The molecule has 5 aromatic rings. The molecule has 1 unspecified atom stereocenters. The molecule has 5 rings (SSSR count). The van der Waals surface area contributed by atoms with Crippen molar-refractivity contribution in [2.24, 2.45) is 0 Å². The lowest BCUT2D eigenvalue weighted by atomic mass is 10.1. The highest BCUT2D eigenvalue weighted by Crippen LogP contribution is 2.26. The molecule has 0 bridgehead atoms. The molecule has 0 spiro atoms. The Morgan fingerprint density at radius 3 is 2.94 bits per heavy atom. The summed E-state index contributed by atoms with van der Waals surface area (Å²) in [6, 6.07) is 13.5. The number of hydrogen-bond acceptors (Lipinski definition) is 9. The zero-order chi connectivity index (χ0) is 21.9. The molecule has 11 nitrogen and oxygen atoms in total. The van der Waals surface area contributed by atoms with E-state index in [1.54, 1.807) is 27.9 Å². The van der Waals surface area contributed by atoms with Crippen LogP contribution in [0.15, 0.2) is 61.4 Å². The van der Waals surface area contributed by atoms with Gasteiger partial charge in [0.2, 0.25) is 0 Å². The van der Waals surface area contributed by atoms with Gasteiger partial charge in [-0.05, 0) is 41.6 Å². The van der Waals surface area contributed by atoms with Crippen molar-refractivity contribution in [2.45, 2.75) is 19.6 Å². The van der Waals surface area contributed by atoms with Crippen LogP contribution in [-0.2, 0) is 6.54 Å². The van der Waals surface area contributed by atoms with E-state index < -0.39 is 0 Å². The highest BCUT2D eigenvalue weighted by atomic mass is 16.5. The number of tetrazole rings is 1. The predicted octanol–water partition coefficient (Wildman–Crippen LogP) is 2.18. The van der Waals surface area contributed by atoms with Crippen molar-refractivity contribution in [1.29, 1.82) is 5.26 Å². The van der Waals surface area contributed by atoms with E-state index in [4.69, 9.17) is 9.84 Å². The van der Waals surface area contributed by atoms with Crippen LogP contribution < -0.4 is 4.74 Å². The van der Waals surface area contributed by atoms with E-state index in [2.05, 4.69) is 36.5 Å². The molecule has 4 aromatic heterocycles. The Morgan fingerprint density at radius 1 is 1.16 bits per heavy atom. The SMILES string of the molecule is CC(Cn1cnnn1)Oc1cccc(-c2ccc3ncc(-c4cncnc4C#N)n3n2)c1. The summed E-state index contributed by atoms with van der Waals surface area (Å²) in [5.74, 6) is 0.707. The Morgan fingerprint density at radius 2 is 2.09 bits per heavy atom. The average molecular weight is 424 g/mol. The van der Waals surface area contributed by atoms with Gasteiger partial charge in [-0.2, -0.15) is 10.4 Å². The molecule has 156 valence electrons. The van der Waals surface area contributed by atoms with Crippen LogP contribution in [0.4, 0.5) is 0 Å². The third-order valence-electron chi connectivity index (χ3n) is 4.76. The van der Waals surface area contributed by atoms with Crippen molar-refractivity contribution in [3.05, 3.63) is 67.1 Å². The molecule has 32 heavy (non-hydrogen) atoms. The van der Waals surface area contributed by atoms with Crippen LogP contribution in [0, 0.1) is 11.3 Å². The largest absolute Gasteiger partial charge is 0.489 e. The third kappa shape index (κ3) is 3.72. The highest BCUT2D eigenvalue weighted by Gasteiger charge is 2.14. The Balaban J connectivity index is 1.46. The highest BCUT2D eigenvalue weighted by molar-refractivity contribution is 5.68. The van der Waals surface area contributed by atoms with Gasteiger partial charge >= 0.3 is 0 Å². The van der Waals surface area contributed by atoms with Crippen LogP contribution in [0.3, 0.4) is 0 Å². The molecule has 0 N–H and O–H groups in total. The summed E-state index contributed by atoms with van der Waals surface area (Å²) in [5.41, 5.74) is 3.73. The van der Waals surface area contributed by atoms with Crippen LogP contribution in [0.2, 0.25) is 0 Å². The van der Waals surface area contributed by atoms with Crippen LogP contribution >= 0.6 is 0 Å². The fourth-order valence-corrected chi connectivity index (χ4v) is 3.34. The van der Waals surface area contributed by atoms with Crippen molar-refractivity contribution >= 4 is 5.65 Å². The third-order valence-corrected chi connectivity index (χ3v) is 4.76. The first-order valence-electron chi connectivity index (χ1n) is 9.74. The normalized spacial score (nSPS) is 11.9. The van der Waals surface area contributed by atoms with Crippen molar-refractivity contribution in [2.75, 3.05) is 0 Å². The van der Waals surface area contributed by atoms with Gasteiger partial charge in [0.05, 0.1) is 29.7 Å². The number of nitrogens with zero attached hydrogens (tertiary/aromatic N) is 10. The number of fused-ring (bicyclic) bond motifs is 1. The average Bonchev–Trinajstić information content (AvgIpc) is 3.48. The first-order chi connectivity index (χ1) is 15.7. The van der Waals surface area contributed by atoms with E-state index in [0.29, 0.717) is 29.2 Å². The molecule has 0 aliphatic heterocycles. The fourth-order valence-electron chi connectivity index (χ4n) is 3.34. The monoisotopic (exact) mass is 424 g/mol. The quantitative estimate of drug-likeness (QED) is 0.402. The van der Waals surface area contributed by atoms with Crippen LogP contribution in [0.1, 0.15) is 12.6 Å². The van der Waals surface area contributed by atoms with Crippen molar-refractivity contribution in [3.63, 3.8) is 0 Å². The van der Waals surface area contributed by atoms with Crippen molar-refractivity contribution < 1.29 is 4.74 Å². The second kappa shape index (κ2) is 8.19. The van der Waals surface area contributed by atoms with Gasteiger partial charge < -0.3 is 4.74 Å². The van der Waals surface area contributed by atoms with Gasteiger partial charge in [-0.1, -0.05) is 12.1 Å². The van der Waals surface area contributed by atoms with E-state index in [0.717, 1.165) is 11.3 Å². The van der Waals surface area contributed by atoms with Gasteiger partial charge in [-0.3, -0.25) is 0 Å². The van der Waals surface area contributed by atoms with Gasteiger partial charge in [-0.15, -0.1) is 5.10 Å². The van der Waals surface area contributed by atoms with Crippen LogP contribution in [0.25, 0.3) is 28.2 Å². The molecular weight excluding hydrogens is 408 g/mol. The van der Waals surface area contributed by atoms with Crippen molar-refractivity contribution in [1.82, 2.24) is 44.8 Å². The molecule has 0 fully saturated rings. The molecule has 1 atom stereocenters. The molecule has 0 amide bonds. The molecule has 11 heteroatoms. The van der Waals surface area contributed by atoms with E-state index in [1.807, 2.05) is 43.3 Å². The van der Waals surface area contributed by atoms with Gasteiger partial charge in [0.1, 0.15) is 30.6 Å². The fraction of sp³-hybridized carbons (Fsp3) is 0.143. The predicted molar refractivity (Wildman–Crippen MR) is 112 cm³/mol. The zero-order valence-electron chi connectivity index (χ0n) is 16.9. The molecule has 0 radical (unpaired) electrons. The lowest BCUT2D eigenvalue weighted by Gasteiger charge is -2.15. The summed E-state index contributed by atoms with van der Waals surface area (Å²) >= 11 is 0. The number of nitriles is 1. The number of ether oxygens (including phenoxy) is 1.